The molecule has 1 aliphatic rings. The number of ketones is 1. The number of rotatable bonds is 4. The topological polar surface area (TPSA) is 61.8 Å². The lowest BCUT2D eigenvalue weighted by Gasteiger charge is -2.06. The summed E-state index contributed by atoms with van der Waals surface area (Å²) in [7, 11) is 1.27. The molecule has 0 radical (unpaired) electrons. The van der Waals surface area contributed by atoms with Gasteiger partial charge in [0.15, 0.2) is 12.4 Å². The van der Waals surface area contributed by atoms with Crippen LogP contribution < -0.4 is 9.47 Å². The van der Waals surface area contributed by atoms with Crippen molar-refractivity contribution in [2.75, 3.05) is 13.7 Å². The zero-order valence-corrected chi connectivity index (χ0v) is 14.6. The maximum absolute atomic E-state index is 12.5. The molecule has 1 heterocycles. The average molecular weight is 379 g/mol. The summed E-state index contributed by atoms with van der Waals surface area (Å²) < 4.78 is 15.4. The van der Waals surface area contributed by atoms with Gasteiger partial charge in [-0.25, -0.2) is 4.79 Å². The summed E-state index contributed by atoms with van der Waals surface area (Å²) in [6.07, 6.45) is 1.50. The molecule has 0 spiro atoms. The highest BCUT2D eigenvalue weighted by Crippen LogP contribution is 2.36. The molecule has 128 valence electrons. The summed E-state index contributed by atoms with van der Waals surface area (Å²) in [5, 5.41) is 0.823. The van der Waals surface area contributed by atoms with E-state index in [2.05, 4.69) is 4.74 Å². The van der Waals surface area contributed by atoms with Crippen LogP contribution in [-0.4, -0.2) is 25.5 Å². The molecule has 0 aromatic heterocycles. The first kappa shape index (κ1) is 17.3. The normalized spacial score (nSPS) is 14.2. The molecule has 0 aliphatic carbocycles. The van der Waals surface area contributed by atoms with Crippen molar-refractivity contribution in [3.63, 3.8) is 0 Å². The molecule has 2 aromatic rings. The highest BCUT2D eigenvalue weighted by atomic mass is 35.5. The summed E-state index contributed by atoms with van der Waals surface area (Å²) in [6.45, 7) is -0.235. The Bertz CT molecular complexity index is 869. The van der Waals surface area contributed by atoms with Gasteiger partial charge in [0.25, 0.3) is 0 Å². The maximum atomic E-state index is 12.5. The van der Waals surface area contributed by atoms with Gasteiger partial charge in [0.2, 0.25) is 5.78 Å². The van der Waals surface area contributed by atoms with Gasteiger partial charge in [-0.1, -0.05) is 29.3 Å². The first-order valence-corrected chi connectivity index (χ1v) is 7.97. The van der Waals surface area contributed by atoms with E-state index in [1.54, 1.807) is 30.3 Å². The van der Waals surface area contributed by atoms with Crippen molar-refractivity contribution in [1.82, 2.24) is 0 Å². The molecule has 1 aliphatic heterocycles. The number of ether oxygens (including phenoxy) is 3. The Balaban J connectivity index is 1.86. The zero-order chi connectivity index (χ0) is 18.0. The molecule has 25 heavy (non-hydrogen) atoms. The number of hydrogen-bond donors (Lipinski definition) is 0. The van der Waals surface area contributed by atoms with Gasteiger partial charge in [-0.05, 0) is 30.3 Å². The van der Waals surface area contributed by atoms with Crippen LogP contribution in [0.25, 0.3) is 6.08 Å². The minimum atomic E-state index is -0.508. The van der Waals surface area contributed by atoms with Crippen LogP contribution >= 0.6 is 23.2 Å². The van der Waals surface area contributed by atoms with E-state index in [4.69, 9.17) is 32.7 Å². The second-order valence-corrected chi connectivity index (χ2v) is 5.91. The average Bonchev–Trinajstić information content (AvgIpc) is 2.91. The fourth-order valence-electron chi connectivity index (χ4n) is 2.24. The Labute approximate surface area is 153 Å². The van der Waals surface area contributed by atoms with E-state index in [1.807, 2.05) is 0 Å². The number of carbonyl (C=O) groups is 2. The molecule has 0 saturated carbocycles. The molecule has 3 rings (SSSR count). The van der Waals surface area contributed by atoms with Gasteiger partial charge in [-0.15, -0.1) is 0 Å². The van der Waals surface area contributed by atoms with Crippen molar-refractivity contribution in [2.45, 2.75) is 0 Å². The fraction of sp³-hybridized carbons (Fsp3) is 0.111. The Morgan fingerprint density at radius 2 is 1.92 bits per heavy atom. The predicted octanol–water partition coefficient (Wildman–Crippen LogP) is 4.16. The van der Waals surface area contributed by atoms with Gasteiger partial charge < -0.3 is 14.2 Å². The van der Waals surface area contributed by atoms with E-state index in [0.717, 1.165) is 0 Å². The van der Waals surface area contributed by atoms with Crippen molar-refractivity contribution in [3.05, 3.63) is 63.3 Å². The first-order chi connectivity index (χ1) is 12.0. The van der Waals surface area contributed by atoms with Crippen LogP contribution in [0.2, 0.25) is 10.0 Å². The standard InChI is InChI=1S/C18H12Cl2O5/c1-23-17(21)9-24-10-5-6-11-15(7-10)25-16(18(11)22)8-12-13(19)3-2-4-14(12)20/h2-8H,9H2,1H3. The predicted molar refractivity (Wildman–Crippen MR) is 93.4 cm³/mol. The minimum Gasteiger partial charge on any atom is -0.482 e. The lowest BCUT2D eigenvalue weighted by atomic mass is 10.1. The van der Waals surface area contributed by atoms with Crippen LogP contribution in [0.4, 0.5) is 0 Å². The molecule has 5 nitrogen and oxygen atoms in total. The molecule has 0 amide bonds. The van der Waals surface area contributed by atoms with Crippen LogP contribution in [0.5, 0.6) is 11.5 Å². The highest BCUT2D eigenvalue weighted by molar-refractivity contribution is 6.37. The SMILES string of the molecule is COC(=O)COc1ccc2c(c1)OC(=Cc1c(Cl)cccc1Cl)C2=O. The number of methoxy groups -OCH3 is 1. The summed E-state index contributed by atoms with van der Waals surface area (Å²) in [6, 6.07) is 9.74. The molecular weight excluding hydrogens is 367 g/mol. The van der Waals surface area contributed by atoms with Crippen LogP contribution in [0, 0.1) is 0 Å². The summed E-state index contributed by atoms with van der Waals surface area (Å²) in [5.74, 6) is 0.0304. The minimum absolute atomic E-state index is 0.107. The summed E-state index contributed by atoms with van der Waals surface area (Å²) in [5.41, 5.74) is 0.893. The number of Topliss-reactive ketones (excluding diaryl/α,β-unsaturated/α-hetero) is 1. The van der Waals surface area contributed by atoms with E-state index in [1.165, 1.54) is 19.3 Å². The van der Waals surface area contributed by atoms with Gasteiger partial charge in [-0.3, -0.25) is 4.79 Å². The van der Waals surface area contributed by atoms with Crippen molar-refractivity contribution in [2.24, 2.45) is 0 Å². The molecular formula is C18H12Cl2O5. The number of benzene rings is 2. The van der Waals surface area contributed by atoms with E-state index in [9.17, 15) is 9.59 Å². The molecule has 0 bridgehead atoms. The quantitative estimate of drug-likeness (QED) is 0.590. The Morgan fingerprint density at radius 1 is 1.20 bits per heavy atom. The Morgan fingerprint density at radius 3 is 2.60 bits per heavy atom. The first-order valence-electron chi connectivity index (χ1n) is 7.21. The zero-order valence-electron chi connectivity index (χ0n) is 13.0. The second kappa shape index (κ2) is 7.17. The van der Waals surface area contributed by atoms with E-state index >= 15 is 0 Å². The van der Waals surface area contributed by atoms with Crippen LogP contribution in [0.3, 0.4) is 0 Å². The van der Waals surface area contributed by atoms with Gasteiger partial charge in [-0.2, -0.15) is 0 Å². The van der Waals surface area contributed by atoms with Crippen molar-refractivity contribution in [1.29, 1.82) is 0 Å². The third-order valence-corrected chi connectivity index (χ3v) is 4.16. The van der Waals surface area contributed by atoms with Crippen LogP contribution in [-0.2, 0) is 9.53 Å². The molecule has 0 atom stereocenters. The Hall–Kier alpha value is -2.50. The lowest BCUT2D eigenvalue weighted by molar-refractivity contribution is -0.142. The number of allylic oxidation sites excluding steroid dienone is 1. The van der Waals surface area contributed by atoms with Crippen LogP contribution in [0.1, 0.15) is 15.9 Å². The van der Waals surface area contributed by atoms with Gasteiger partial charge in [0, 0.05) is 21.7 Å². The lowest BCUT2D eigenvalue weighted by Crippen LogP contribution is -2.12. The monoisotopic (exact) mass is 378 g/mol. The molecule has 0 unspecified atom stereocenters. The molecule has 0 fully saturated rings. The van der Waals surface area contributed by atoms with Crippen molar-refractivity contribution >= 4 is 41.0 Å². The van der Waals surface area contributed by atoms with E-state index < -0.39 is 5.97 Å². The Kier molecular flexibility index (Phi) is 4.97. The fourth-order valence-corrected chi connectivity index (χ4v) is 2.74. The molecule has 0 saturated heterocycles. The van der Waals surface area contributed by atoms with Crippen molar-refractivity contribution in [3.8, 4) is 11.5 Å². The maximum Gasteiger partial charge on any atom is 0.343 e. The molecule has 7 heteroatoms. The summed E-state index contributed by atoms with van der Waals surface area (Å²) >= 11 is 12.2. The van der Waals surface area contributed by atoms with Gasteiger partial charge >= 0.3 is 5.97 Å². The number of halogens is 2. The number of hydrogen-bond acceptors (Lipinski definition) is 5. The smallest absolute Gasteiger partial charge is 0.343 e. The molecule has 2 aromatic carbocycles. The molecule has 0 N–H and O–H groups in total. The van der Waals surface area contributed by atoms with Gasteiger partial charge in [0.1, 0.15) is 11.5 Å². The summed E-state index contributed by atoms with van der Waals surface area (Å²) in [4.78, 5) is 23.6. The van der Waals surface area contributed by atoms with E-state index in [-0.39, 0.29) is 18.1 Å². The van der Waals surface area contributed by atoms with Crippen molar-refractivity contribution < 1.29 is 23.8 Å². The second-order valence-electron chi connectivity index (χ2n) is 5.10. The van der Waals surface area contributed by atoms with E-state index in [0.29, 0.717) is 32.7 Å². The third kappa shape index (κ3) is 3.62. The number of carbonyl (C=O) groups excluding carboxylic acids is 2. The van der Waals surface area contributed by atoms with Crippen LogP contribution in [0.15, 0.2) is 42.2 Å². The van der Waals surface area contributed by atoms with Gasteiger partial charge in [0.05, 0.1) is 12.7 Å². The third-order valence-electron chi connectivity index (χ3n) is 3.50. The number of esters is 1. The largest absolute Gasteiger partial charge is 0.482 e. The highest BCUT2D eigenvalue weighted by Gasteiger charge is 2.28. The number of fused-ring (bicyclic) bond motifs is 1.